The lowest BCUT2D eigenvalue weighted by Gasteiger charge is -2.28. The minimum absolute atomic E-state index is 0.263. The normalized spacial score (nSPS) is 28.2. The molecule has 0 spiro atoms. The van der Waals surface area contributed by atoms with Crippen molar-refractivity contribution >= 4 is 0 Å². The third kappa shape index (κ3) is 1.93. The molecular weight excluding hydrogens is 204 g/mol. The van der Waals surface area contributed by atoms with Crippen LogP contribution in [-0.4, -0.2) is 17.5 Å². The second kappa shape index (κ2) is 3.75. The maximum absolute atomic E-state index is 9.52. The summed E-state index contributed by atoms with van der Waals surface area (Å²) in [5.41, 5.74) is 0.544. The standard InChI is InChI=1S/C13H18O3/c1-4-13(9-15-12(2,3)16-13)10-6-5-7-11(14)8-10/h5-8,14H,4,9H2,1-3H3. The van der Waals surface area contributed by atoms with E-state index in [1.54, 1.807) is 12.1 Å². The molecule has 0 bridgehead atoms. The van der Waals surface area contributed by atoms with Gasteiger partial charge in [-0.25, -0.2) is 0 Å². The first-order valence-corrected chi connectivity index (χ1v) is 5.61. The Balaban J connectivity index is 2.36. The summed E-state index contributed by atoms with van der Waals surface area (Å²) < 4.78 is 11.6. The molecule has 1 aliphatic rings. The first kappa shape index (κ1) is 11.4. The molecule has 1 N–H and O–H groups in total. The summed E-state index contributed by atoms with van der Waals surface area (Å²) in [5, 5.41) is 9.52. The van der Waals surface area contributed by atoms with Gasteiger partial charge in [0.25, 0.3) is 0 Å². The van der Waals surface area contributed by atoms with Crippen LogP contribution in [0.5, 0.6) is 5.75 Å². The molecule has 1 aliphatic heterocycles. The van der Waals surface area contributed by atoms with Gasteiger partial charge in [-0.3, -0.25) is 0 Å². The van der Waals surface area contributed by atoms with Crippen molar-refractivity contribution in [2.45, 2.75) is 38.6 Å². The Hall–Kier alpha value is -1.06. The van der Waals surface area contributed by atoms with Gasteiger partial charge in [-0.15, -0.1) is 0 Å². The molecule has 1 aromatic carbocycles. The summed E-state index contributed by atoms with van der Waals surface area (Å²) in [5.74, 6) is -0.291. The van der Waals surface area contributed by atoms with Gasteiger partial charge < -0.3 is 14.6 Å². The van der Waals surface area contributed by atoms with Crippen LogP contribution in [0, 0.1) is 0 Å². The highest BCUT2D eigenvalue weighted by molar-refractivity contribution is 5.32. The van der Waals surface area contributed by atoms with Crippen LogP contribution in [0.15, 0.2) is 24.3 Å². The average molecular weight is 222 g/mol. The van der Waals surface area contributed by atoms with Crippen molar-refractivity contribution < 1.29 is 14.6 Å². The Labute approximate surface area is 96.0 Å². The maximum atomic E-state index is 9.52. The molecule has 1 aromatic rings. The van der Waals surface area contributed by atoms with Gasteiger partial charge in [0.05, 0.1) is 6.61 Å². The Kier molecular flexibility index (Phi) is 2.68. The monoisotopic (exact) mass is 222 g/mol. The summed E-state index contributed by atoms with van der Waals surface area (Å²) in [6.45, 7) is 6.41. The van der Waals surface area contributed by atoms with Gasteiger partial charge in [0.1, 0.15) is 11.4 Å². The minimum atomic E-state index is -0.554. The number of ether oxygens (including phenoxy) is 2. The fourth-order valence-corrected chi connectivity index (χ4v) is 2.13. The average Bonchev–Trinajstić information content (AvgIpc) is 2.56. The molecule has 0 saturated carbocycles. The van der Waals surface area contributed by atoms with Crippen molar-refractivity contribution in [3.8, 4) is 5.75 Å². The second-order valence-electron chi connectivity index (χ2n) is 4.69. The summed E-state index contributed by atoms with van der Waals surface area (Å²) in [6, 6.07) is 7.20. The fourth-order valence-electron chi connectivity index (χ4n) is 2.13. The molecule has 3 nitrogen and oxygen atoms in total. The van der Waals surface area contributed by atoms with Gasteiger partial charge in [-0.05, 0) is 38.0 Å². The predicted octanol–water partition coefficient (Wildman–Crippen LogP) is 2.78. The lowest BCUT2D eigenvalue weighted by Crippen LogP contribution is -2.30. The van der Waals surface area contributed by atoms with Crippen molar-refractivity contribution in [2.75, 3.05) is 6.61 Å². The van der Waals surface area contributed by atoms with Crippen LogP contribution >= 0.6 is 0 Å². The van der Waals surface area contributed by atoms with Crippen LogP contribution in [0.25, 0.3) is 0 Å². The smallest absolute Gasteiger partial charge is 0.164 e. The molecule has 2 rings (SSSR count). The largest absolute Gasteiger partial charge is 0.508 e. The van der Waals surface area contributed by atoms with Crippen LogP contribution in [0.4, 0.5) is 0 Å². The van der Waals surface area contributed by atoms with E-state index in [0.717, 1.165) is 12.0 Å². The van der Waals surface area contributed by atoms with E-state index < -0.39 is 11.4 Å². The Bertz CT molecular complexity index is 387. The molecule has 3 heteroatoms. The van der Waals surface area contributed by atoms with E-state index in [2.05, 4.69) is 6.92 Å². The minimum Gasteiger partial charge on any atom is -0.508 e. The lowest BCUT2D eigenvalue weighted by atomic mass is 9.92. The molecule has 0 aliphatic carbocycles. The first-order chi connectivity index (χ1) is 7.47. The molecule has 0 radical (unpaired) electrons. The third-order valence-electron chi connectivity index (χ3n) is 3.04. The van der Waals surface area contributed by atoms with Gasteiger partial charge in [-0.1, -0.05) is 19.1 Å². The summed E-state index contributed by atoms with van der Waals surface area (Å²) in [4.78, 5) is 0. The van der Waals surface area contributed by atoms with Crippen molar-refractivity contribution in [2.24, 2.45) is 0 Å². The number of phenolic OH excluding ortho intramolecular Hbond substituents is 1. The van der Waals surface area contributed by atoms with Gasteiger partial charge in [0.15, 0.2) is 5.79 Å². The molecule has 1 fully saturated rings. The van der Waals surface area contributed by atoms with Gasteiger partial charge in [0, 0.05) is 0 Å². The molecule has 16 heavy (non-hydrogen) atoms. The van der Waals surface area contributed by atoms with E-state index in [9.17, 15) is 5.11 Å². The van der Waals surface area contributed by atoms with Crippen LogP contribution in [0.1, 0.15) is 32.8 Å². The van der Waals surface area contributed by atoms with E-state index >= 15 is 0 Å². The third-order valence-corrected chi connectivity index (χ3v) is 3.04. The second-order valence-corrected chi connectivity index (χ2v) is 4.69. The van der Waals surface area contributed by atoms with Crippen LogP contribution in [0.2, 0.25) is 0 Å². The molecule has 1 atom stereocenters. The molecule has 0 amide bonds. The van der Waals surface area contributed by atoms with E-state index in [1.165, 1.54) is 0 Å². The Morgan fingerprint density at radius 3 is 2.62 bits per heavy atom. The van der Waals surface area contributed by atoms with Gasteiger partial charge in [-0.2, -0.15) is 0 Å². The highest BCUT2D eigenvalue weighted by Crippen LogP contribution is 2.41. The Morgan fingerprint density at radius 2 is 2.12 bits per heavy atom. The first-order valence-electron chi connectivity index (χ1n) is 5.61. The highest BCUT2D eigenvalue weighted by atomic mass is 16.8. The molecular formula is C13H18O3. The number of aromatic hydroxyl groups is 1. The quantitative estimate of drug-likeness (QED) is 0.836. The summed E-state index contributed by atoms with van der Waals surface area (Å²) in [7, 11) is 0. The number of benzene rings is 1. The molecule has 1 heterocycles. The fraction of sp³-hybridized carbons (Fsp3) is 0.538. The van der Waals surface area contributed by atoms with Crippen LogP contribution in [-0.2, 0) is 15.1 Å². The molecule has 1 saturated heterocycles. The van der Waals surface area contributed by atoms with E-state index in [0.29, 0.717) is 6.61 Å². The summed E-state index contributed by atoms with van der Waals surface area (Å²) >= 11 is 0. The van der Waals surface area contributed by atoms with Gasteiger partial charge >= 0.3 is 0 Å². The molecule has 0 aromatic heterocycles. The van der Waals surface area contributed by atoms with E-state index in [-0.39, 0.29) is 5.75 Å². The van der Waals surface area contributed by atoms with Crippen LogP contribution in [0.3, 0.4) is 0 Å². The lowest BCUT2D eigenvalue weighted by molar-refractivity contribution is -0.164. The highest BCUT2D eigenvalue weighted by Gasteiger charge is 2.45. The van der Waals surface area contributed by atoms with Crippen molar-refractivity contribution in [1.29, 1.82) is 0 Å². The van der Waals surface area contributed by atoms with Gasteiger partial charge in [0.2, 0.25) is 0 Å². The SMILES string of the molecule is CCC1(c2cccc(O)c2)COC(C)(C)O1. The maximum Gasteiger partial charge on any atom is 0.164 e. The van der Waals surface area contributed by atoms with E-state index in [4.69, 9.17) is 9.47 Å². The zero-order valence-corrected chi connectivity index (χ0v) is 9.99. The molecule has 88 valence electrons. The number of phenols is 1. The number of rotatable bonds is 2. The van der Waals surface area contributed by atoms with E-state index in [1.807, 2.05) is 26.0 Å². The van der Waals surface area contributed by atoms with Crippen molar-refractivity contribution in [1.82, 2.24) is 0 Å². The molecule has 1 unspecified atom stereocenters. The van der Waals surface area contributed by atoms with Crippen LogP contribution < -0.4 is 0 Å². The summed E-state index contributed by atoms with van der Waals surface area (Å²) in [6.07, 6.45) is 0.819. The van der Waals surface area contributed by atoms with Crippen molar-refractivity contribution in [3.63, 3.8) is 0 Å². The number of hydrogen-bond acceptors (Lipinski definition) is 3. The predicted molar refractivity (Wildman–Crippen MR) is 61.2 cm³/mol. The number of hydrogen-bond donors (Lipinski definition) is 1. The van der Waals surface area contributed by atoms with Crippen molar-refractivity contribution in [3.05, 3.63) is 29.8 Å². The Morgan fingerprint density at radius 1 is 1.38 bits per heavy atom. The zero-order chi connectivity index (χ0) is 11.8. The zero-order valence-electron chi connectivity index (χ0n) is 9.99. The topological polar surface area (TPSA) is 38.7 Å².